The molecule has 6 heteroatoms. The van der Waals surface area contributed by atoms with E-state index >= 15 is 0 Å². The lowest BCUT2D eigenvalue weighted by Crippen LogP contribution is -2.06. The number of aromatic nitrogens is 4. The van der Waals surface area contributed by atoms with Crippen LogP contribution >= 0.6 is 0 Å². The molecule has 0 aliphatic rings. The number of pyridine rings is 1. The third kappa shape index (κ3) is 3.33. The number of unbranched alkanes of at least 4 members (excludes halogenated alkanes) is 1. The zero-order chi connectivity index (χ0) is 15.2. The van der Waals surface area contributed by atoms with Gasteiger partial charge in [0, 0.05) is 12.7 Å². The highest BCUT2D eigenvalue weighted by Gasteiger charge is 2.07. The summed E-state index contributed by atoms with van der Waals surface area (Å²) in [5.74, 6) is 1.38. The van der Waals surface area contributed by atoms with Crippen LogP contribution in [0, 0.1) is 0 Å². The van der Waals surface area contributed by atoms with Crippen LogP contribution in [0.4, 0.5) is 5.82 Å². The Kier molecular flexibility index (Phi) is 4.48. The van der Waals surface area contributed by atoms with Gasteiger partial charge >= 0.3 is 0 Å². The molecule has 3 heterocycles. The van der Waals surface area contributed by atoms with Crippen molar-refractivity contribution in [2.45, 2.75) is 26.4 Å². The molecule has 0 saturated heterocycles. The highest BCUT2D eigenvalue weighted by Crippen LogP contribution is 2.21. The van der Waals surface area contributed by atoms with Gasteiger partial charge in [0.15, 0.2) is 11.6 Å². The van der Waals surface area contributed by atoms with Crippen molar-refractivity contribution in [2.75, 3.05) is 11.9 Å². The van der Waals surface area contributed by atoms with Gasteiger partial charge in [0.2, 0.25) is 0 Å². The number of fused-ring (bicyclic) bond motifs is 1. The van der Waals surface area contributed by atoms with Gasteiger partial charge in [0.25, 0.3) is 0 Å². The Morgan fingerprint density at radius 2 is 2.27 bits per heavy atom. The molecule has 22 heavy (non-hydrogen) atoms. The lowest BCUT2D eigenvalue weighted by atomic mass is 10.3. The summed E-state index contributed by atoms with van der Waals surface area (Å²) in [4.78, 5) is 8.26. The number of rotatable bonds is 7. The summed E-state index contributed by atoms with van der Waals surface area (Å²) < 4.78 is 7.65. The predicted molar refractivity (Wildman–Crippen MR) is 85.0 cm³/mol. The number of nitrogens with one attached hydrogen (secondary N) is 1. The third-order valence-electron chi connectivity index (χ3n) is 3.30. The van der Waals surface area contributed by atoms with Gasteiger partial charge in [0.05, 0.1) is 11.7 Å². The Balaban J connectivity index is 1.67. The molecule has 3 aromatic heterocycles. The van der Waals surface area contributed by atoms with E-state index in [0.29, 0.717) is 12.4 Å². The number of hydrogen-bond acceptors (Lipinski definition) is 5. The second-order valence-corrected chi connectivity index (χ2v) is 5.01. The molecule has 0 aliphatic carbocycles. The minimum Gasteiger partial charge on any atom is -0.482 e. The van der Waals surface area contributed by atoms with Crippen molar-refractivity contribution in [3.8, 4) is 5.75 Å². The SMILES string of the molecule is CCCCNc1ncncc1OCc1cc2ccccn2n1. The zero-order valence-electron chi connectivity index (χ0n) is 12.6. The molecule has 0 spiro atoms. The fourth-order valence-electron chi connectivity index (χ4n) is 2.15. The Hall–Kier alpha value is -2.63. The van der Waals surface area contributed by atoms with Gasteiger partial charge in [-0.2, -0.15) is 5.10 Å². The van der Waals surface area contributed by atoms with E-state index in [-0.39, 0.29) is 0 Å². The highest BCUT2D eigenvalue weighted by atomic mass is 16.5. The molecule has 6 nitrogen and oxygen atoms in total. The highest BCUT2D eigenvalue weighted by molar-refractivity contribution is 5.49. The molecular formula is C16H19N5O. The maximum Gasteiger partial charge on any atom is 0.180 e. The molecule has 0 amide bonds. The lowest BCUT2D eigenvalue weighted by Gasteiger charge is -2.10. The first-order valence-electron chi connectivity index (χ1n) is 7.47. The lowest BCUT2D eigenvalue weighted by molar-refractivity contribution is 0.300. The first-order valence-corrected chi connectivity index (χ1v) is 7.47. The normalized spacial score (nSPS) is 10.8. The van der Waals surface area contributed by atoms with Crippen LogP contribution in [-0.4, -0.2) is 26.1 Å². The molecular weight excluding hydrogens is 278 g/mol. The van der Waals surface area contributed by atoms with Crippen LogP contribution in [0.15, 0.2) is 43.0 Å². The average Bonchev–Trinajstić information content (AvgIpc) is 2.97. The minimum absolute atomic E-state index is 0.386. The van der Waals surface area contributed by atoms with Gasteiger partial charge in [0.1, 0.15) is 18.6 Å². The number of hydrogen-bond donors (Lipinski definition) is 1. The van der Waals surface area contributed by atoms with Crippen molar-refractivity contribution < 1.29 is 4.74 Å². The quantitative estimate of drug-likeness (QED) is 0.679. The van der Waals surface area contributed by atoms with Crippen LogP contribution < -0.4 is 10.1 Å². The van der Waals surface area contributed by atoms with E-state index in [1.807, 2.05) is 35.0 Å². The second-order valence-electron chi connectivity index (χ2n) is 5.01. The Labute approximate surface area is 129 Å². The van der Waals surface area contributed by atoms with Gasteiger partial charge in [-0.05, 0) is 24.6 Å². The van der Waals surface area contributed by atoms with E-state index in [1.54, 1.807) is 6.20 Å². The van der Waals surface area contributed by atoms with Gasteiger partial charge in [-0.15, -0.1) is 0 Å². The molecule has 1 N–H and O–H groups in total. The van der Waals surface area contributed by atoms with Crippen molar-refractivity contribution in [3.05, 3.63) is 48.7 Å². The van der Waals surface area contributed by atoms with E-state index in [1.165, 1.54) is 6.33 Å². The first kappa shape index (κ1) is 14.3. The van der Waals surface area contributed by atoms with Crippen LogP contribution in [0.5, 0.6) is 5.75 Å². The van der Waals surface area contributed by atoms with Crippen molar-refractivity contribution in [1.29, 1.82) is 0 Å². The predicted octanol–water partition coefficient (Wildman–Crippen LogP) is 2.92. The van der Waals surface area contributed by atoms with Crippen molar-refractivity contribution >= 4 is 11.3 Å². The van der Waals surface area contributed by atoms with Crippen LogP contribution in [0.3, 0.4) is 0 Å². The Morgan fingerprint density at radius 1 is 1.32 bits per heavy atom. The molecule has 0 aliphatic heterocycles. The molecule has 114 valence electrons. The summed E-state index contributed by atoms with van der Waals surface area (Å²) in [6.07, 6.45) is 7.34. The standard InChI is InChI=1S/C16H19N5O/c1-2-3-7-18-16-15(10-17-12-19-16)22-11-13-9-14-6-4-5-8-21(14)20-13/h4-6,8-10,12H,2-3,7,11H2,1H3,(H,17,18,19). The smallest absolute Gasteiger partial charge is 0.180 e. The molecule has 3 rings (SSSR count). The van der Waals surface area contributed by atoms with Crippen molar-refractivity contribution in [1.82, 2.24) is 19.6 Å². The molecule has 0 aromatic carbocycles. The van der Waals surface area contributed by atoms with Crippen molar-refractivity contribution in [3.63, 3.8) is 0 Å². The van der Waals surface area contributed by atoms with E-state index in [0.717, 1.165) is 36.4 Å². The number of nitrogens with zero attached hydrogens (tertiary/aromatic N) is 4. The zero-order valence-corrected chi connectivity index (χ0v) is 12.6. The van der Waals surface area contributed by atoms with Crippen LogP contribution in [0.25, 0.3) is 5.52 Å². The third-order valence-corrected chi connectivity index (χ3v) is 3.30. The number of ether oxygens (including phenoxy) is 1. The van der Waals surface area contributed by atoms with E-state index < -0.39 is 0 Å². The maximum absolute atomic E-state index is 5.82. The van der Waals surface area contributed by atoms with E-state index in [2.05, 4.69) is 27.3 Å². The second kappa shape index (κ2) is 6.89. The first-order chi connectivity index (χ1) is 10.9. The van der Waals surface area contributed by atoms with Gasteiger partial charge in [-0.3, -0.25) is 0 Å². The summed E-state index contributed by atoms with van der Waals surface area (Å²) in [6.45, 7) is 3.41. The molecule has 0 fully saturated rings. The van der Waals surface area contributed by atoms with Gasteiger partial charge < -0.3 is 10.1 Å². The summed E-state index contributed by atoms with van der Waals surface area (Å²) in [5.41, 5.74) is 1.92. The van der Waals surface area contributed by atoms with E-state index in [4.69, 9.17) is 4.74 Å². The summed E-state index contributed by atoms with van der Waals surface area (Å²) in [6, 6.07) is 7.96. The fourth-order valence-corrected chi connectivity index (χ4v) is 2.15. The Bertz CT molecular complexity index is 707. The molecule has 0 bridgehead atoms. The van der Waals surface area contributed by atoms with Gasteiger partial charge in [-0.1, -0.05) is 19.4 Å². The minimum atomic E-state index is 0.386. The topological polar surface area (TPSA) is 64.3 Å². The van der Waals surface area contributed by atoms with Gasteiger partial charge in [-0.25, -0.2) is 14.5 Å². The molecule has 3 aromatic rings. The average molecular weight is 297 g/mol. The number of anilines is 1. The largest absolute Gasteiger partial charge is 0.482 e. The van der Waals surface area contributed by atoms with Crippen LogP contribution in [0.2, 0.25) is 0 Å². The Morgan fingerprint density at radius 3 is 3.14 bits per heavy atom. The van der Waals surface area contributed by atoms with E-state index in [9.17, 15) is 0 Å². The summed E-state index contributed by atoms with van der Waals surface area (Å²) >= 11 is 0. The molecule has 0 atom stereocenters. The van der Waals surface area contributed by atoms with Crippen molar-refractivity contribution in [2.24, 2.45) is 0 Å². The molecule has 0 radical (unpaired) electrons. The fraction of sp³-hybridized carbons (Fsp3) is 0.312. The van der Waals surface area contributed by atoms with Crippen LogP contribution in [-0.2, 0) is 6.61 Å². The maximum atomic E-state index is 5.82. The monoisotopic (exact) mass is 297 g/mol. The molecule has 0 unspecified atom stereocenters. The summed E-state index contributed by atoms with van der Waals surface area (Å²) in [5, 5.41) is 7.74. The molecule has 0 saturated carbocycles. The summed E-state index contributed by atoms with van der Waals surface area (Å²) in [7, 11) is 0. The van der Waals surface area contributed by atoms with Crippen LogP contribution in [0.1, 0.15) is 25.5 Å².